The minimum atomic E-state index is 0.442. The molecule has 0 bridgehead atoms. The summed E-state index contributed by atoms with van der Waals surface area (Å²) < 4.78 is 6.90. The fourth-order valence-corrected chi connectivity index (χ4v) is 12.4. The Bertz CT molecular complexity index is 4820. The van der Waals surface area contributed by atoms with Crippen LogP contribution in [0.2, 0.25) is 0 Å². The van der Waals surface area contributed by atoms with Crippen LogP contribution in [-0.4, -0.2) is 28.7 Å². The van der Waals surface area contributed by atoms with Crippen molar-refractivity contribution < 1.29 is 0 Å². The smallest absolute Gasteiger partial charge is 0.241 e. The van der Waals surface area contributed by atoms with Gasteiger partial charge in [-0.15, -0.1) is 0 Å². The van der Waals surface area contributed by atoms with Crippen molar-refractivity contribution in [1.82, 2.24) is 28.7 Å². The average Bonchev–Trinajstić information content (AvgIpc) is 2.87. The second kappa shape index (κ2) is 20.2. The monoisotopic (exact) mass is 1080 g/mol. The molecule has 4 aromatic heterocycles. The van der Waals surface area contributed by atoms with Gasteiger partial charge in [0.2, 0.25) is 17.8 Å². The van der Waals surface area contributed by atoms with E-state index >= 15 is 0 Å². The van der Waals surface area contributed by atoms with Crippen molar-refractivity contribution in [3.05, 3.63) is 309 Å². The first-order valence-corrected chi connectivity index (χ1v) is 28.3. The van der Waals surface area contributed by atoms with E-state index in [0.717, 1.165) is 117 Å². The van der Waals surface area contributed by atoms with Crippen LogP contribution in [0.25, 0.3) is 82.7 Å². The summed E-state index contributed by atoms with van der Waals surface area (Å²) in [5, 5.41) is 6.63. The van der Waals surface area contributed by atoms with Crippen LogP contribution in [0.4, 0.5) is 51.7 Å². The van der Waals surface area contributed by atoms with Gasteiger partial charge in [-0.3, -0.25) is 14.4 Å². The van der Waals surface area contributed by atoms with Crippen molar-refractivity contribution in [3.8, 4) is 17.3 Å². The number of benzene rings is 12. The van der Waals surface area contributed by atoms with Gasteiger partial charge < -0.3 is 14.0 Å². The quantitative estimate of drug-likeness (QED) is 0.121. The molecule has 4 heterocycles. The number of hydrogen-bond donors (Lipinski definition) is 0. The van der Waals surface area contributed by atoms with Gasteiger partial charge in [0.25, 0.3) is 0 Å². The van der Waals surface area contributed by atoms with Crippen molar-refractivity contribution in [2.45, 2.75) is 0 Å². The Balaban J connectivity index is 0.965. The van der Waals surface area contributed by atoms with E-state index in [9.17, 15) is 0 Å². The SMILES string of the molecule is c1ccc(N(c2ccccc2)c2ccc3c(c2)c2ccccc2n3-c2nc(N(c3ccccc3)c3ccc4c(c3)c3ccccc3n4-c3ccccc3)nc(N(c3ccccc3)c3ccc4c(c3)c3ccccc3n4-c3ccccc3)n2)cc1. The third-order valence-electron chi connectivity index (χ3n) is 16.0. The van der Waals surface area contributed by atoms with Crippen molar-refractivity contribution in [2.75, 3.05) is 14.7 Å². The molecule has 0 N–H and O–H groups in total. The number of nitrogens with zero attached hydrogens (tertiary/aromatic N) is 9. The summed E-state index contributed by atoms with van der Waals surface area (Å²) in [6.45, 7) is 0. The molecule has 16 aromatic rings. The maximum absolute atomic E-state index is 5.70. The summed E-state index contributed by atoms with van der Waals surface area (Å²) in [6.07, 6.45) is 0. The van der Waals surface area contributed by atoms with Crippen LogP contribution in [0.15, 0.2) is 309 Å². The number of para-hydroxylation sites is 9. The molecule has 0 atom stereocenters. The summed E-state index contributed by atoms with van der Waals surface area (Å²) in [4.78, 5) is 23.7. The van der Waals surface area contributed by atoms with Crippen molar-refractivity contribution in [2.24, 2.45) is 0 Å². The molecule has 0 saturated carbocycles. The Hall–Kier alpha value is -11.6. The molecule has 0 amide bonds. The van der Waals surface area contributed by atoms with Crippen LogP contribution in [0.1, 0.15) is 0 Å². The minimum Gasteiger partial charge on any atom is -0.310 e. The zero-order valence-electron chi connectivity index (χ0n) is 45.5. The standard InChI is InChI=1S/C75H51N9/c1-7-25-52(26-8-1)79(53-27-9-2-10-28-53)58-43-48-72-66(49-58)63-39-21-24-42-69(63)84(72)75-77-73(80(54-29-11-3-12-30-54)59-44-46-70-64(50-59)61-37-19-22-40-67(61)82(70)56-33-15-5-16-34-56)76-74(78-75)81(55-31-13-4-14-32-55)60-45-47-71-65(51-60)62-38-20-23-41-68(62)83(71)57-35-17-6-18-36-57/h1-51H. The molecule has 9 nitrogen and oxygen atoms in total. The molecule has 0 spiro atoms. The van der Waals surface area contributed by atoms with Gasteiger partial charge in [0.15, 0.2) is 0 Å². The van der Waals surface area contributed by atoms with E-state index in [1.54, 1.807) is 0 Å². The second-order valence-electron chi connectivity index (χ2n) is 20.9. The molecule has 0 aliphatic heterocycles. The zero-order valence-corrected chi connectivity index (χ0v) is 45.5. The number of anilines is 9. The van der Waals surface area contributed by atoms with Crippen LogP contribution >= 0.6 is 0 Å². The third-order valence-corrected chi connectivity index (χ3v) is 16.0. The Labute approximate surface area is 484 Å². The van der Waals surface area contributed by atoms with Crippen molar-refractivity contribution in [1.29, 1.82) is 0 Å². The van der Waals surface area contributed by atoms with E-state index in [4.69, 9.17) is 15.0 Å². The van der Waals surface area contributed by atoms with Crippen LogP contribution in [0.3, 0.4) is 0 Å². The Morgan fingerprint density at radius 2 is 0.476 bits per heavy atom. The molecule has 84 heavy (non-hydrogen) atoms. The summed E-state index contributed by atoms with van der Waals surface area (Å²) in [6, 6.07) is 109. The van der Waals surface area contributed by atoms with E-state index in [1.165, 1.54) is 0 Å². The lowest BCUT2D eigenvalue weighted by atomic mass is 10.1. The highest BCUT2D eigenvalue weighted by molar-refractivity contribution is 6.13. The van der Waals surface area contributed by atoms with Gasteiger partial charge in [0, 0.05) is 83.5 Å². The van der Waals surface area contributed by atoms with Crippen LogP contribution in [0, 0.1) is 0 Å². The molecule has 396 valence electrons. The van der Waals surface area contributed by atoms with Crippen molar-refractivity contribution in [3.63, 3.8) is 0 Å². The average molecular weight is 1080 g/mol. The molecule has 0 fully saturated rings. The molecular formula is C75H51N9. The van der Waals surface area contributed by atoms with Crippen molar-refractivity contribution >= 4 is 117 Å². The predicted molar refractivity (Wildman–Crippen MR) is 347 cm³/mol. The van der Waals surface area contributed by atoms with Gasteiger partial charge in [-0.2, -0.15) is 15.0 Å². The number of hydrogen-bond acceptors (Lipinski definition) is 6. The number of aromatic nitrogens is 6. The van der Waals surface area contributed by atoms with Crippen LogP contribution in [-0.2, 0) is 0 Å². The number of rotatable bonds is 12. The molecule has 9 heteroatoms. The molecule has 0 radical (unpaired) electrons. The van der Waals surface area contributed by atoms with E-state index in [0.29, 0.717) is 17.8 Å². The molecule has 12 aromatic carbocycles. The fraction of sp³-hybridized carbons (Fsp3) is 0. The molecule has 0 aliphatic rings. The Kier molecular flexibility index (Phi) is 11.6. The maximum atomic E-state index is 5.70. The van der Waals surface area contributed by atoms with Gasteiger partial charge in [-0.05, 0) is 146 Å². The molecule has 0 aliphatic carbocycles. The highest BCUT2D eigenvalue weighted by Crippen LogP contribution is 2.45. The predicted octanol–water partition coefficient (Wildman–Crippen LogP) is 19.6. The van der Waals surface area contributed by atoms with E-state index < -0.39 is 0 Å². The number of fused-ring (bicyclic) bond motifs is 9. The second-order valence-corrected chi connectivity index (χ2v) is 20.9. The molecule has 0 saturated heterocycles. The zero-order chi connectivity index (χ0) is 55.5. The summed E-state index contributed by atoms with van der Waals surface area (Å²) in [5.74, 6) is 1.34. The molecule has 16 rings (SSSR count). The van der Waals surface area contributed by atoms with Gasteiger partial charge in [-0.25, -0.2) is 0 Å². The lowest BCUT2D eigenvalue weighted by molar-refractivity contribution is 0.915. The Morgan fingerprint density at radius 1 is 0.202 bits per heavy atom. The van der Waals surface area contributed by atoms with Gasteiger partial charge in [0.1, 0.15) is 0 Å². The van der Waals surface area contributed by atoms with Crippen LogP contribution < -0.4 is 14.7 Å². The lowest BCUT2D eigenvalue weighted by Crippen LogP contribution is -2.20. The first kappa shape index (κ1) is 48.4. The largest absolute Gasteiger partial charge is 0.310 e. The first-order chi connectivity index (χ1) is 41.7. The normalized spacial score (nSPS) is 11.6. The van der Waals surface area contributed by atoms with E-state index in [2.05, 4.69) is 326 Å². The lowest BCUT2D eigenvalue weighted by Gasteiger charge is -2.27. The minimum absolute atomic E-state index is 0.442. The third kappa shape index (κ3) is 8.13. The first-order valence-electron chi connectivity index (χ1n) is 28.3. The maximum Gasteiger partial charge on any atom is 0.241 e. The summed E-state index contributed by atoms with van der Waals surface area (Å²) in [7, 11) is 0. The Morgan fingerprint density at radius 3 is 0.845 bits per heavy atom. The summed E-state index contributed by atoms with van der Waals surface area (Å²) in [5.41, 5.74) is 15.3. The van der Waals surface area contributed by atoms with Crippen LogP contribution in [0.5, 0.6) is 0 Å². The van der Waals surface area contributed by atoms with Gasteiger partial charge in [0.05, 0.1) is 33.1 Å². The topological polar surface area (TPSA) is 63.2 Å². The fourth-order valence-electron chi connectivity index (χ4n) is 12.4. The van der Waals surface area contributed by atoms with E-state index in [1.807, 2.05) is 12.1 Å². The van der Waals surface area contributed by atoms with E-state index in [-0.39, 0.29) is 0 Å². The highest BCUT2D eigenvalue weighted by Gasteiger charge is 2.27. The molecule has 0 unspecified atom stereocenters. The summed E-state index contributed by atoms with van der Waals surface area (Å²) >= 11 is 0. The molecular weight excluding hydrogens is 1030 g/mol. The van der Waals surface area contributed by atoms with Gasteiger partial charge >= 0.3 is 0 Å². The highest BCUT2D eigenvalue weighted by atomic mass is 15.4. The van der Waals surface area contributed by atoms with Gasteiger partial charge in [-0.1, -0.05) is 164 Å².